The molecule has 1 aromatic heterocycles. The molecule has 2 aromatic rings. The molecule has 0 aliphatic rings. The number of aryl methyl sites for hydroxylation is 1. The Labute approximate surface area is 107 Å². The Kier molecular flexibility index (Phi) is 4.25. The molecule has 2 rings (SSSR count). The molecule has 0 saturated heterocycles. The Balaban J connectivity index is 2.31. The molecular formula is C14H18N4. The Morgan fingerprint density at radius 1 is 1.17 bits per heavy atom. The Bertz CT molecular complexity index is 484. The number of hydrogen-bond acceptors (Lipinski definition) is 4. The number of aromatic nitrogens is 2. The van der Waals surface area contributed by atoms with Gasteiger partial charge in [0.2, 0.25) is 0 Å². The summed E-state index contributed by atoms with van der Waals surface area (Å²) in [6.07, 6.45) is 2.53. The van der Waals surface area contributed by atoms with E-state index in [0.29, 0.717) is 6.54 Å². The van der Waals surface area contributed by atoms with E-state index in [2.05, 4.69) is 27.0 Å². The summed E-state index contributed by atoms with van der Waals surface area (Å²) in [6.45, 7) is 3.50. The third-order valence-electron chi connectivity index (χ3n) is 2.72. The van der Waals surface area contributed by atoms with Crippen molar-refractivity contribution in [2.24, 2.45) is 5.73 Å². The Morgan fingerprint density at radius 3 is 2.61 bits per heavy atom. The van der Waals surface area contributed by atoms with Crippen LogP contribution in [0.1, 0.15) is 12.1 Å². The van der Waals surface area contributed by atoms with Crippen molar-refractivity contribution in [1.82, 2.24) is 9.97 Å². The number of nitrogens with zero attached hydrogens (tertiary/aromatic N) is 3. The molecule has 18 heavy (non-hydrogen) atoms. The van der Waals surface area contributed by atoms with Crippen LogP contribution in [-0.4, -0.2) is 23.1 Å². The fourth-order valence-corrected chi connectivity index (χ4v) is 1.82. The summed E-state index contributed by atoms with van der Waals surface area (Å²) in [5.41, 5.74) is 7.70. The molecule has 0 amide bonds. The van der Waals surface area contributed by atoms with Crippen LogP contribution in [0.2, 0.25) is 0 Å². The van der Waals surface area contributed by atoms with Gasteiger partial charge in [-0.1, -0.05) is 18.2 Å². The average Bonchev–Trinajstić information content (AvgIpc) is 2.40. The van der Waals surface area contributed by atoms with E-state index in [9.17, 15) is 0 Å². The average molecular weight is 242 g/mol. The molecule has 0 radical (unpaired) electrons. The first-order valence-corrected chi connectivity index (χ1v) is 6.12. The van der Waals surface area contributed by atoms with Crippen LogP contribution in [0, 0.1) is 6.92 Å². The minimum atomic E-state index is 0.674. The van der Waals surface area contributed by atoms with Gasteiger partial charge in [-0.2, -0.15) is 0 Å². The molecule has 0 aliphatic heterocycles. The predicted molar refractivity (Wildman–Crippen MR) is 73.9 cm³/mol. The third-order valence-corrected chi connectivity index (χ3v) is 2.72. The molecule has 0 aliphatic carbocycles. The fourth-order valence-electron chi connectivity index (χ4n) is 1.82. The summed E-state index contributed by atoms with van der Waals surface area (Å²) in [7, 11) is 0. The van der Waals surface area contributed by atoms with Gasteiger partial charge in [-0.3, -0.25) is 0 Å². The molecule has 0 bridgehead atoms. The van der Waals surface area contributed by atoms with Crippen molar-refractivity contribution in [3.05, 3.63) is 48.4 Å². The van der Waals surface area contributed by atoms with Gasteiger partial charge in [0.1, 0.15) is 12.1 Å². The van der Waals surface area contributed by atoms with Crippen LogP contribution in [-0.2, 0) is 0 Å². The quantitative estimate of drug-likeness (QED) is 0.874. The van der Waals surface area contributed by atoms with E-state index in [4.69, 9.17) is 5.73 Å². The fraction of sp³-hybridized carbons (Fsp3) is 0.286. The molecule has 0 saturated carbocycles. The molecular weight excluding hydrogens is 224 g/mol. The highest BCUT2D eigenvalue weighted by molar-refractivity contribution is 5.59. The lowest BCUT2D eigenvalue weighted by atomic mass is 10.2. The zero-order valence-corrected chi connectivity index (χ0v) is 10.6. The number of rotatable bonds is 5. The molecule has 0 spiro atoms. The molecule has 0 atom stereocenters. The first-order valence-electron chi connectivity index (χ1n) is 6.12. The first-order chi connectivity index (χ1) is 8.81. The number of benzene rings is 1. The maximum absolute atomic E-state index is 5.60. The number of nitrogens with two attached hydrogens (primary N) is 1. The van der Waals surface area contributed by atoms with Crippen LogP contribution in [0.3, 0.4) is 0 Å². The summed E-state index contributed by atoms with van der Waals surface area (Å²) in [4.78, 5) is 10.6. The van der Waals surface area contributed by atoms with Gasteiger partial charge >= 0.3 is 0 Å². The van der Waals surface area contributed by atoms with Gasteiger partial charge in [0, 0.05) is 24.0 Å². The van der Waals surface area contributed by atoms with Crippen molar-refractivity contribution in [1.29, 1.82) is 0 Å². The second-order valence-corrected chi connectivity index (χ2v) is 4.15. The zero-order valence-electron chi connectivity index (χ0n) is 10.6. The monoisotopic (exact) mass is 242 g/mol. The third kappa shape index (κ3) is 3.05. The van der Waals surface area contributed by atoms with Gasteiger partial charge < -0.3 is 10.6 Å². The van der Waals surface area contributed by atoms with E-state index in [1.54, 1.807) is 6.33 Å². The maximum Gasteiger partial charge on any atom is 0.136 e. The van der Waals surface area contributed by atoms with Crippen molar-refractivity contribution in [3.8, 4) is 0 Å². The SMILES string of the molecule is Cc1cc(N(CCCN)c2ccccc2)ncn1. The van der Waals surface area contributed by atoms with Crippen LogP contribution >= 0.6 is 0 Å². The maximum atomic E-state index is 5.60. The highest BCUT2D eigenvalue weighted by Crippen LogP contribution is 2.23. The van der Waals surface area contributed by atoms with E-state index >= 15 is 0 Å². The minimum Gasteiger partial charge on any atom is -0.330 e. The van der Waals surface area contributed by atoms with E-state index in [1.807, 2.05) is 31.2 Å². The predicted octanol–water partition coefficient (Wildman–Crippen LogP) is 2.27. The summed E-state index contributed by atoms with van der Waals surface area (Å²) in [5.74, 6) is 0.919. The topological polar surface area (TPSA) is 55.0 Å². The highest BCUT2D eigenvalue weighted by Gasteiger charge is 2.09. The van der Waals surface area contributed by atoms with E-state index in [-0.39, 0.29) is 0 Å². The lowest BCUT2D eigenvalue weighted by molar-refractivity contribution is 0.807. The summed E-state index contributed by atoms with van der Waals surface area (Å²) in [6, 6.07) is 12.2. The molecule has 1 aromatic carbocycles. The van der Waals surface area contributed by atoms with Gasteiger partial charge in [0.25, 0.3) is 0 Å². The van der Waals surface area contributed by atoms with E-state index < -0.39 is 0 Å². The van der Waals surface area contributed by atoms with Crippen LogP contribution in [0.15, 0.2) is 42.7 Å². The van der Waals surface area contributed by atoms with Crippen molar-refractivity contribution in [3.63, 3.8) is 0 Å². The van der Waals surface area contributed by atoms with Gasteiger partial charge in [-0.15, -0.1) is 0 Å². The van der Waals surface area contributed by atoms with Gasteiger partial charge in [-0.25, -0.2) is 9.97 Å². The first kappa shape index (κ1) is 12.5. The van der Waals surface area contributed by atoms with Crippen molar-refractivity contribution in [2.75, 3.05) is 18.0 Å². The van der Waals surface area contributed by atoms with Crippen LogP contribution in [0.25, 0.3) is 0 Å². The van der Waals surface area contributed by atoms with Crippen molar-refractivity contribution >= 4 is 11.5 Å². The molecule has 2 N–H and O–H groups in total. The van der Waals surface area contributed by atoms with Crippen LogP contribution < -0.4 is 10.6 Å². The summed E-state index contributed by atoms with van der Waals surface area (Å²) < 4.78 is 0. The smallest absolute Gasteiger partial charge is 0.136 e. The second-order valence-electron chi connectivity index (χ2n) is 4.15. The normalized spacial score (nSPS) is 10.3. The minimum absolute atomic E-state index is 0.674. The standard InChI is InChI=1S/C14H18N4/c1-12-10-14(17-11-16-12)18(9-5-8-15)13-6-3-2-4-7-13/h2-4,6-7,10-11H,5,8-9,15H2,1H3. The molecule has 94 valence electrons. The molecule has 4 heteroatoms. The van der Waals surface area contributed by atoms with Crippen LogP contribution in [0.5, 0.6) is 0 Å². The van der Waals surface area contributed by atoms with Crippen LogP contribution in [0.4, 0.5) is 11.5 Å². The highest BCUT2D eigenvalue weighted by atomic mass is 15.2. The van der Waals surface area contributed by atoms with E-state index in [0.717, 1.165) is 30.2 Å². The summed E-state index contributed by atoms with van der Waals surface area (Å²) >= 11 is 0. The molecule has 0 fully saturated rings. The zero-order chi connectivity index (χ0) is 12.8. The van der Waals surface area contributed by atoms with Gasteiger partial charge in [0.05, 0.1) is 0 Å². The van der Waals surface area contributed by atoms with Gasteiger partial charge in [-0.05, 0) is 32.0 Å². The van der Waals surface area contributed by atoms with Crippen molar-refractivity contribution in [2.45, 2.75) is 13.3 Å². The Morgan fingerprint density at radius 2 is 1.94 bits per heavy atom. The second kappa shape index (κ2) is 6.12. The number of hydrogen-bond donors (Lipinski definition) is 1. The number of anilines is 2. The molecule has 4 nitrogen and oxygen atoms in total. The summed E-state index contributed by atoms with van der Waals surface area (Å²) in [5, 5.41) is 0. The van der Waals surface area contributed by atoms with Gasteiger partial charge in [0.15, 0.2) is 0 Å². The molecule has 1 heterocycles. The van der Waals surface area contributed by atoms with Crippen molar-refractivity contribution < 1.29 is 0 Å². The Hall–Kier alpha value is -1.94. The molecule has 0 unspecified atom stereocenters. The lowest BCUT2D eigenvalue weighted by Crippen LogP contribution is -2.22. The van der Waals surface area contributed by atoms with E-state index in [1.165, 1.54) is 0 Å². The number of para-hydroxylation sites is 1. The lowest BCUT2D eigenvalue weighted by Gasteiger charge is -2.23. The largest absolute Gasteiger partial charge is 0.330 e.